The number of alkyl halides is 3. The van der Waals surface area contributed by atoms with E-state index in [2.05, 4.69) is 15.9 Å². The fourth-order valence-electron chi connectivity index (χ4n) is 2.20. The second-order valence-electron chi connectivity index (χ2n) is 6.70. The molecule has 0 saturated carbocycles. The summed E-state index contributed by atoms with van der Waals surface area (Å²) in [6.45, 7) is 7.21. The van der Waals surface area contributed by atoms with Gasteiger partial charge in [0.25, 0.3) is 0 Å². The summed E-state index contributed by atoms with van der Waals surface area (Å²) in [4.78, 5) is 0. The van der Waals surface area contributed by atoms with Crippen LogP contribution in [0.2, 0.25) is 0 Å². The fraction of sp³-hybridized carbons (Fsp3) is 0.500. The molecule has 0 aromatic heterocycles. The Morgan fingerprint density at radius 1 is 1.21 bits per heavy atom. The summed E-state index contributed by atoms with van der Waals surface area (Å²) in [5, 5.41) is 9.64. The molecular weight excluding hydrogens is 388 g/mol. The first-order chi connectivity index (χ1) is 10.9. The van der Waals surface area contributed by atoms with Crippen LogP contribution in [0, 0.1) is 0 Å². The van der Waals surface area contributed by atoms with Crippen molar-refractivity contribution in [2.45, 2.75) is 45.1 Å². The van der Waals surface area contributed by atoms with E-state index in [1.807, 2.05) is 27.7 Å². The summed E-state index contributed by atoms with van der Waals surface area (Å²) in [7, 11) is -0.755. The highest BCUT2D eigenvalue weighted by Gasteiger charge is 2.52. The Morgan fingerprint density at radius 2 is 1.75 bits per heavy atom. The molecule has 24 heavy (non-hydrogen) atoms. The van der Waals surface area contributed by atoms with Crippen LogP contribution in [0.1, 0.15) is 38.8 Å². The Labute approximate surface area is 148 Å². The van der Waals surface area contributed by atoms with Crippen molar-refractivity contribution >= 4 is 29.1 Å². The van der Waals surface area contributed by atoms with Crippen LogP contribution < -0.4 is 0 Å². The first kappa shape index (κ1) is 19.5. The molecule has 0 radical (unpaired) electrons. The molecule has 1 aliphatic heterocycles. The van der Waals surface area contributed by atoms with Gasteiger partial charge in [-0.2, -0.15) is 13.2 Å². The van der Waals surface area contributed by atoms with E-state index in [0.717, 1.165) is 12.1 Å². The van der Waals surface area contributed by atoms with Crippen LogP contribution in [0.3, 0.4) is 0 Å². The number of aliphatic hydroxyl groups is 1. The molecule has 1 aromatic rings. The van der Waals surface area contributed by atoms with Crippen molar-refractivity contribution in [3.63, 3.8) is 0 Å². The number of hydrogen-bond donors (Lipinski definition) is 1. The highest BCUT2D eigenvalue weighted by atomic mass is 79.9. The normalized spacial score (nSPS) is 20.5. The van der Waals surface area contributed by atoms with Gasteiger partial charge >= 0.3 is 13.3 Å². The number of benzene rings is 1. The summed E-state index contributed by atoms with van der Waals surface area (Å²) in [5.41, 5.74) is -0.935. The average Bonchev–Trinajstić information content (AvgIpc) is 2.64. The van der Waals surface area contributed by atoms with Gasteiger partial charge in [0.05, 0.1) is 23.4 Å². The minimum atomic E-state index is -4.41. The van der Waals surface area contributed by atoms with Gasteiger partial charge < -0.3 is 14.4 Å². The Morgan fingerprint density at radius 3 is 2.17 bits per heavy atom. The van der Waals surface area contributed by atoms with Gasteiger partial charge in [-0.1, -0.05) is 28.1 Å². The van der Waals surface area contributed by atoms with Crippen LogP contribution in [-0.4, -0.2) is 30.0 Å². The van der Waals surface area contributed by atoms with E-state index >= 15 is 0 Å². The summed E-state index contributed by atoms with van der Waals surface area (Å²) >= 11 is 3.14. The van der Waals surface area contributed by atoms with Crippen molar-refractivity contribution in [1.82, 2.24) is 0 Å². The molecule has 1 saturated heterocycles. The molecule has 1 heterocycles. The monoisotopic (exact) mass is 406 g/mol. The number of hydrogen-bond acceptors (Lipinski definition) is 3. The molecule has 132 valence electrons. The third-order valence-electron chi connectivity index (χ3n) is 4.41. The van der Waals surface area contributed by atoms with E-state index in [0.29, 0.717) is 11.0 Å². The van der Waals surface area contributed by atoms with Gasteiger partial charge in [0, 0.05) is 4.47 Å². The van der Waals surface area contributed by atoms with Crippen LogP contribution >= 0.6 is 15.9 Å². The summed E-state index contributed by atoms with van der Waals surface area (Å²) in [6.07, 6.45) is -2.83. The Kier molecular flexibility index (Phi) is 5.26. The van der Waals surface area contributed by atoms with Gasteiger partial charge in [-0.3, -0.25) is 0 Å². The summed E-state index contributed by atoms with van der Waals surface area (Å²) < 4.78 is 50.2. The van der Waals surface area contributed by atoms with Crippen molar-refractivity contribution < 1.29 is 27.6 Å². The van der Waals surface area contributed by atoms with E-state index in [1.165, 1.54) is 6.07 Å². The van der Waals surface area contributed by atoms with E-state index in [1.54, 1.807) is 6.08 Å². The largest absolute Gasteiger partial charge is 0.492 e. The summed E-state index contributed by atoms with van der Waals surface area (Å²) in [6, 6.07) is 3.34. The molecule has 0 unspecified atom stereocenters. The molecule has 2 rings (SSSR count). The molecule has 0 bridgehead atoms. The van der Waals surface area contributed by atoms with Gasteiger partial charge in [-0.15, -0.1) is 0 Å². The molecular formula is C16H19BBrF3O3. The van der Waals surface area contributed by atoms with E-state index in [9.17, 15) is 18.3 Å². The molecule has 1 aliphatic rings. The van der Waals surface area contributed by atoms with Crippen molar-refractivity contribution in [3.8, 4) is 0 Å². The molecule has 0 spiro atoms. The van der Waals surface area contributed by atoms with Crippen LogP contribution in [0.4, 0.5) is 13.2 Å². The average molecular weight is 407 g/mol. The van der Waals surface area contributed by atoms with Crippen LogP contribution in [0.5, 0.6) is 0 Å². The quantitative estimate of drug-likeness (QED) is 0.752. The van der Waals surface area contributed by atoms with Gasteiger partial charge in [0.15, 0.2) is 0 Å². The Bertz CT molecular complexity index is 640. The molecule has 1 N–H and O–H groups in total. The Hall–Kier alpha value is -0.825. The number of halogens is 4. The zero-order valence-electron chi connectivity index (χ0n) is 13.9. The molecule has 1 aromatic carbocycles. The highest BCUT2D eigenvalue weighted by Crippen LogP contribution is 2.39. The molecule has 0 atom stereocenters. The van der Waals surface area contributed by atoms with Crippen molar-refractivity contribution in [2.75, 3.05) is 6.61 Å². The third-order valence-corrected chi connectivity index (χ3v) is 5.09. The lowest BCUT2D eigenvalue weighted by atomic mass is 9.77. The lowest BCUT2D eigenvalue weighted by molar-refractivity contribution is -0.137. The third kappa shape index (κ3) is 3.87. The molecule has 8 heteroatoms. The van der Waals surface area contributed by atoms with Gasteiger partial charge in [-0.05, 0) is 50.9 Å². The zero-order valence-corrected chi connectivity index (χ0v) is 15.5. The fourth-order valence-corrected chi connectivity index (χ4v) is 2.70. The standard InChI is InChI=1S/C16H19BBrF3O3/c1-14(2)15(3,4)24-17(23-14)12(9-22)7-10-5-6-11(8-13(10)18)16(19,20)21/h5-8,22H,9H2,1-4H3. The van der Waals surface area contributed by atoms with Crippen LogP contribution in [0.25, 0.3) is 6.08 Å². The molecule has 1 fully saturated rings. The maximum atomic E-state index is 12.7. The molecule has 0 aliphatic carbocycles. The highest BCUT2D eigenvalue weighted by molar-refractivity contribution is 9.10. The van der Waals surface area contributed by atoms with Crippen molar-refractivity contribution in [1.29, 1.82) is 0 Å². The second kappa shape index (κ2) is 6.48. The molecule has 3 nitrogen and oxygen atoms in total. The van der Waals surface area contributed by atoms with Crippen LogP contribution in [-0.2, 0) is 15.5 Å². The van der Waals surface area contributed by atoms with Gasteiger partial charge in [0.1, 0.15) is 0 Å². The first-order valence-electron chi connectivity index (χ1n) is 7.41. The number of aliphatic hydroxyl groups excluding tert-OH is 1. The topological polar surface area (TPSA) is 38.7 Å². The maximum absolute atomic E-state index is 12.7. The van der Waals surface area contributed by atoms with Crippen LogP contribution in [0.15, 0.2) is 28.1 Å². The second-order valence-corrected chi connectivity index (χ2v) is 7.55. The van der Waals surface area contributed by atoms with E-state index in [-0.39, 0.29) is 11.1 Å². The minimum Gasteiger partial charge on any atom is -0.400 e. The predicted octanol–water partition coefficient (Wildman–Crippen LogP) is 4.48. The SMILES string of the molecule is CC1(C)OB(C(=Cc2ccc(C(F)(F)F)cc2Br)CO)OC1(C)C. The zero-order chi connectivity index (χ0) is 18.3. The maximum Gasteiger partial charge on any atom is 0.492 e. The minimum absolute atomic E-state index is 0.278. The summed E-state index contributed by atoms with van der Waals surface area (Å²) in [5.74, 6) is 0. The lowest BCUT2D eigenvalue weighted by Crippen LogP contribution is -2.41. The van der Waals surface area contributed by atoms with Crippen molar-refractivity contribution in [2.24, 2.45) is 0 Å². The molecule has 0 amide bonds. The van der Waals surface area contributed by atoms with Crippen molar-refractivity contribution in [3.05, 3.63) is 39.3 Å². The predicted molar refractivity (Wildman–Crippen MR) is 90.3 cm³/mol. The van der Waals surface area contributed by atoms with Gasteiger partial charge in [-0.25, -0.2) is 0 Å². The Balaban J connectivity index is 2.32. The lowest BCUT2D eigenvalue weighted by Gasteiger charge is -2.32. The van der Waals surface area contributed by atoms with E-state index in [4.69, 9.17) is 9.31 Å². The number of rotatable bonds is 3. The van der Waals surface area contributed by atoms with E-state index < -0.39 is 30.1 Å². The smallest absolute Gasteiger partial charge is 0.400 e. The first-order valence-corrected chi connectivity index (χ1v) is 8.20. The van der Waals surface area contributed by atoms with Gasteiger partial charge in [0.2, 0.25) is 0 Å².